The first kappa shape index (κ1) is 11.7. The molecule has 1 saturated heterocycles. The summed E-state index contributed by atoms with van der Waals surface area (Å²) in [4.78, 5) is 22.2. The molecule has 0 radical (unpaired) electrons. The van der Waals surface area contributed by atoms with Gasteiger partial charge in [-0.25, -0.2) is 4.79 Å². The van der Waals surface area contributed by atoms with Crippen LogP contribution in [-0.4, -0.2) is 35.7 Å². The maximum atomic E-state index is 11.5. The summed E-state index contributed by atoms with van der Waals surface area (Å²) in [6, 6.07) is -0.904. The number of amides is 1. The van der Waals surface area contributed by atoms with E-state index in [2.05, 4.69) is 11.9 Å². The van der Waals surface area contributed by atoms with E-state index in [1.54, 1.807) is 0 Å². The molecule has 84 valence electrons. The highest BCUT2D eigenvalue weighted by molar-refractivity contribution is 5.86. The summed E-state index contributed by atoms with van der Waals surface area (Å²) in [6.07, 6.45) is 2.70. The van der Waals surface area contributed by atoms with Crippen molar-refractivity contribution in [1.29, 1.82) is 0 Å². The Bertz CT molecular complexity index is 258. The molecular formula is C10H15NO4. The number of carbonyl (C=O) groups is 2. The zero-order valence-electron chi connectivity index (χ0n) is 8.44. The van der Waals surface area contributed by atoms with Gasteiger partial charge in [0.25, 0.3) is 0 Å². The van der Waals surface area contributed by atoms with E-state index in [0.717, 1.165) is 6.42 Å². The van der Waals surface area contributed by atoms with Gasteiger partial charge in [0.2, 0.25) is 5.91 Å². The van der Waals surface area contributed by atoms with Gasteiger partial charge in [0.05, 0.1) is 0 Å². The number of carboxylic acid groups (broad SMARTS) is 1. The van der Waals surface area contributed by atoms with Crippen molar-refractivity contribution < 1.29 is 19.4 Å². The summed E-state index contributed by atoms with van der Waals surface area (Å²) in [5, 5.41) is 11.2. The van der Waals surface area contributed by atoms with Gasteiger partial charge in [-0.1, -0.05) is 6.08 Å². The lowest BCUT2D eigenvalue weighted by Crippen LogP contribution is -2.45. The zero-order chi connectivity index (χ0) is 11.3. The summed E-state index contributed by atoms with van der Waals surface area (Å²) in [5.74, 6) is -1.40. The second-order valence-corrected chi connectivity index (χ2v) is 3.43. The molecular weight excluding hydrogens is 198 g/mol. The number of carbonyl (C=O) groups excluding carboxylic acids is 1. The van der Waals surface area contributed by atoms with Crippen LogP contribution < -0.4 is 5.32 Å². The van der Waals surface area contributed by atoms with E-state index in [1.807, 2.05) is 0 Å². The van der Waals surface area contributed by atoms with E-state index >= 15 is 0 Å². The molecule has 0 saturated carbocycles. The number of nitrogens with one attached hydrogen (secondary N) is 1. The topological polar surface area (TPSA) is 75.6 Å². The predicted octanol–water partition coefficient (Wildman–Crippen LogP) is 0.311. The van der Waals surface area contributed by atoms with Gasteiger partial charge in [0.15, 0.2) is 0 Å². The maximum absolute atomic E-state index is 11.5. The SMILES string of the molecule is C=CC[C@@H](NC(=O)[C@H]1CCCO1)C(=O)O. The molecule has 1 rings (SSSR count). The van der Waals surface area contributed by atoms with Crippen molar-refractivity contribution in [2.75, 3.05) is 6.61 Å². The lowest BCUT2D eigenvalue weighted by molar-refractivity contribution is -0.143. The van der Waals surface area contributed by atoms with Gasteiger partial charge in [0.1, 0.15) is 12.1 Å². The molecule has 15 heavy (non-hydrogen) atoms. The molecule has 0 aliphatic carbocycles. The number of ether oxygens (including phenoxy) is 1. The lowest BCUT2D eigenvalue weighted by Gasteiger charge is -2.15. The Hall–Kier alpha value is -1.36. The summed E-state index contributed by atoms with van der Waals surface area (Å²) >= 11 is 0. The Morgan fingerprint density at radius 2 is 2.40 bits per heavy atom. The van der Waals surface area contributed by atoms with Crippen molar-refractivity contribution in [3.05, 3.63) is 12.7 Å². The van der Waals surface area contributed by atoms with Crippen LogP contribution in [-0.2, 0) is 14.3 Å². The first-order valence-electron chi connectivity index (χ1n) is 4.91. The highest BCUT2D eigenvalue weighted by Gasteiger charge is 2.27. The largest absolute Gasteiger partial charge is 0.480 e. The van der Waals surface area contributed by atoms with Crippen LogP contribution >= 0.6 is 0 Å². The van der Waals surface area contributed by atoms with Gasteiger partial charge in [0, 0.05) is 6.61 Å². The van der Waals surface area contributed by atoms with E-state index in [4.69, 9.17) is 9.84 Å². The third-order valence-electron chi connectivity index (χ3n) is 2.24. The first-order chi connectivity index (χ1) is 7.15. The average molecular weight is 213 g/mol. The molecule has 0 aromatic carbocycles. The molecule has 1 fully saturated rings. The molecule has 1 amide bonds. The summed E-state index contributed by atoms with van der Waals surface area (Å²) in [7, 11) is 0. The Balaban J connectivity index is 2.45. The Morgan fingerprint density at radius 1 is 1.67 bits per heavy atom. The van der Waals surface area contributed by atoms with Crippen LogP contribution in [0.15, 0.2) is 12.7 Å². The van der Waals surface area contributed by atoms with Crippen LogP contribution in [0.2, 0.25) is 0 Å². The van der Waals surface area contributed by atoms with Crippen molar-refractivity contribution in [1.82, 2.24) is 5.32 Å². The molecule has 0 aromatic heterocycles. The molecule has 1 aliphatic rings. The smallest absolute Gasteiger partial charge is 0.326 e. The maximum Gasteiger partial charge on any atom is 0.326 e. The minimum atomic E-state index is -1.05. The number of hydrogen-bond donors (Lipinski definition) is 2. The van der Waals surface area contributed by atoms with Crippen LogP contribution in [0, 0.1) is 0 Å². The van der Waals surface area contributed by atoms with Crippen molar-refractivity contribution in [2.24, 2.45) is 0 Å². The molecule has 5 heteroatoms. The van der Waals surface area contributed by atoms with E-state index in [9.17, 15) is 9.59 Å². The second kappa shape index (κ2) is 5.50. The third-order valence-corrected chi connectivity index (χ3v) is 2.24. The Kier molecular flexibility index (Phi) is 4.30. The fourth-order valence-corrected chi connectivity index (χ4v) is 1.44. The molecule has 2 atom stereocenters. The molecule has 1 heterocycles. The third kappa shape index (κ3) is 3.36. The summed E-state index contributed by atoms with van der Waals surface area (Å²) in [6.45, 7) is 4.01. The summed E-state index contributed by atoms with van der Waals surface area (Å²) < 4.78 is 5.14. The molecule has 5 nitrogen and oxygen atoms in total. The highest BCUT2D eigenvalue weighted by atomic mass is 16.5. The predicted molar refractivity (Wildman–Crippen MR) is 53.4 cm³/mol. The van der Waals surface area contributed by atoms with E-state index in [0.29, 0.717) is 13.0 Å². The molecule has 1 aliphatic heterocycles. The summed E-state index contributed by atoms with van der Waals surface area (Å²) in [5.41, 5.74) is 0. The average Bonchev–Trinajstić information content (AvgIpc) is 2.69. The Labute approximate surface area is 88.1 Å². The van der Waals surface area contributed by atoms with Crippen molar-refractivity contribution in [2.45, 2.75) is 31.4 Å². The molecule has 0 bridgehead atoms. The molecule has 0 spiro atoms. The Morgan fingerprint density at radius 3 is 2.87 bits per heavy atom. The normalized spacial score (nSPS) is 22.0. The number of aliphatic carboxylic acids is 1. The lowest BCUT2D eigenvalue weighted by atomic mass is 10.1. The zero-order valence-corrected chi connectivity index (χ0v) is 8.44. The van der Waals surface area contributed by atoms with Crippen LogP contribution in [0.25, 0.3) is 0 Å². The van der Waals surface area contributed by atoms with Crippen molar-refractivity contribution >= 4 is 11.9 Å². The van der Waals surface area contributed by atoms with Gasteiger partial charge in [-0.15, -0.1) is 6.58 Å². The first-order valence-corrected chi connectivity index (χ1v) is 4.91. The fourth-order valence-electron chi connectivity index (χ4n) is 1.44. The minimum absolute atomic E-state index is 0.216. The monoisotopic (exact) mass is 213 g/mol. The number of carboxylic acids is 1. The highest BCUT2D eigenvalue weighted by Crippen LogP contribution is 2.12. The fraction of sp³-hybridized carbons (Fsp3) is 0.600. The van der Waals surface area contributed by atoms with Crippen LogP contribution in [0.4, 0.5) is 0 Å². The van der Waals surface area contributed by atoms with Gasteiger partial charge in [-0.2, -0.15) is 0 Å². The van der Waals surface area contributed by atoms with Crippen LogP contribution in [0.3, 0.4) is 0 Å². The molecule has 0 aromatic rings. The standard InChI is InChI=1S/C10H15NO4/c1-2-4-7(10(13)14)11-9(12)8-5-3-6-15-8/h2,7-8H,1,3-6H2,(H,11,12)(H,13,14)/t7-,8-/m1/s1. The van der Waals surface area contributed by atoms with Gasteiger partial charge < -0.3 is 15.2 Å². The van der Waals surface area contributed by atoms with Crippen LogP contribution in [0.5, 0.6) is 0 Å². The van der Waals surface area contributed by atoms with Gasteiger partial charge in [-0.05, 0) is 19.3 Å². The minimum Gasteiger partial charge on any atom is -0.480 e. The van der Waals surface area contributed by atoms with E-state index in [-0.39, 0.29) is 12.3 Å². The molecule has 0 unspecified atom stereocenters. The number of rotatable bonds is 5. The van der Waals surface area contributed by atoms with Crippen LogP contribution in [0.1, 0.15) is 19.3 Å². The van der Waals surface area contributed by atoms with Crippen molar-refractivity contribution in [3.63, 3.8) is 0 Å². The van der Waals surface area contributed by atoms with E-state index < -0.39 is 18.1 Å². The molecule has 2 N–H and O–H groups in total. The van der Waals surface area contributed by atoms with Gasteiger partial charge in [-0.3, -0.25) is 4.79 Å². The second-order valence-electron chi connectivity index (χ2n) is 3.43. The number of hydrogen-bond acceptors (Lipinski definition) is 3. The van der Waals surface area contributed by atoms with E-state index in [1.165, 1.54) is 6.08 Å². The van der Waals surface area contributed by atoms with Gasteiger partial charge >= 0.3 is 5.97 Å². The van der Waals surface area contributed by atoms with Crippen molar-refractivity contribution in [3.8, 4) is 0 Å². The quantitative estimate of drug-likeness (QED) is 0.644.